The Morgan fingerprint density at radius 2 is 1.62 bits per heavy atom. The number of carbonyl (C=O) groups is 2. The number of aliphatic hydroxyl groups is 4. The number of nitrogens with one attached hydrogen (secondary N) is 2. The second kappa shape index (κ2) is 20.9. The van der Waals surface area contributed by atoms with E-state index < -0.39 is 44.9 Å². The summed E-state index contributed by atoms with van der Waals surface area (Å²) in [6.07, 6.45) is 14.0. The smallest absolute Gasteiger partial charge is 0.160 e. The number of fused-ring (bicyclic) bond motifs is 2. The molecule has 0 aromatic heterocycles. The normalized spacial score (nSPS) is 43.9. The third-order valence-corrected chi connectivity index (χ3v) is 24.2. The minimum absolute atomic E-state index is 0.000801. The van der Waals surface area contributed by atoms with E-state index in [2.05, 4.69) is 76.4 Å². The molecule has 1 spiro atoms. The molecule has 2 aromatic rings. The number of allylic oxidation sites excluding steroid dienone is 2. The van der Waals surface area contributed by atoms with Crippen LogP contribution < -0.4 is 16.4 Å². The Balaban J connectivity index is 1.01. The summed E-state index contributed by atoms with van der Waals surface area (Å²) in [7, 11) is 1.90. The van der Waals surface area contributed by atoms with Gasteiger partial charge in [0.1, 0.15) is 17.6 Å². The lowest BCUT2D eigenvalue weighted by atomic mass is 9.31. The summed E-state index contributed by atoms with van der Waals surface area (Å²) < 4.78 is 6.87. The third kappa shape index (κ3) is 9.32. The summed E-state index contributed by atoms with van der Waals surface area (Å²) in [6, 6.07) is 12.2. The number of benzene rings is 2. The van der Waals surface area contributed by atoms with Gasteiger partial charge in [0.2, 0.25) is 0 Å². The molecule has 430 valence electrons. The number of nitrogens with two attached hydrogens (primary N) is 1. The average Bonchev–Trinajstić information content (AvgIpc) is 3.86. The predicted molar refractivity (Wildman–Crippen MR) is 306 cm³/mol. The van der Waals surface area contributed by atoms with Gasteiger partial charge in [0.25, 0.3) is 0 Å². The van der Waals surface area contributed by atoms with Crippen molar-refractivity contribution in [3.05, 3.63) is 69.8 Å². The van der Waals surface area contributed by atoms with Crippen molar-refractivity contribution in [1.29, 1.82) is 0 Å². The first-order chi connectivity index (χ1) is 37.0. The molecule has 7 fully saturated rings. The monoisotopic (exact) mass is 1070 g/mol. The van der Waals surface area contributed by atoms with Crippen molar-refractivity contribution in [3.63, 3.8) is 0 Å². The van der Waals surface area contributed by atoms with E-state index in [1.54, 1.807) is 6.07 Å². The molecule has 11 nitrogen and oxygen atoms in total. The molecule has 9 aliphatic rings. The van der Waals surface area contributed by atoms with E-state index in [-0.39, 0.29) is 95.9 Å². The van der Waals surface area contributed by atoms with Gasteiger partial charge in [-0.15, -0.1) is 0 Å². The van der Waals surface area contributed by atoms with Gasteiger partial charge in [0.15, 0.2) is 5.78 Å². The highest BCUT2D eigenvalue weighted by molar-refractivity contribution is 6.01. The zero-order valence-electron chi connectivity index (χ0n) is 48.8. The lowest BCUT2D eigenvalue weighted by molar-refractivity contribution is -0.226. The average molecular weight is 1070 g/mol. The fourth-order valence-electron chi connectivity index (χ4n) is 21.2. The van der Waals surface area contributed by atoms with Crippen LogP contribution in [0.3, 0.4) is 0 Å². The molecule has 5 saturated carbocycles. The molecule has 0 radical (unpaired) electrons. The number of β-amino-alcohol motifs (C(OH)–C–C–N with tert-alkyl or cyclic N) is 1. The van der Waals surface area contributed by atoms with Crippen molar-refractivity contribution in [3.8, 4) is 5.75 Å². The Labute approximate surface area is 467 Å². The number of aliphatic hydroxyl groups excluding tert-OH is 3. The molecular formula is C67H99N3O8. The van der Waals surface area contributed by atoms with E-state index in [9.17, 15) is 25.5 Å². The molecule has 19 atom stereocenters. The number of anilines is 1. The van der Waals surface area contributed by atoms with E-state index in [4.69, 9.17) is 10.5 Å². The van der Waals surface area contributed by atoms with Crippen LogP contribution in [0.25, 0.3) is 0 Å². The highest BCUT2D eigenvalue weighted by Crippen LogP contribution is 2.78. The SMILES string of the molecule is CNCc1cc(O)cc(C2CC3(C)C4C(CC56C(CO)CCC7CCC(CO)CC7C(CC(O)C7OC7(C)C7CCCC7c7cc(N)cc(CC(C)C)c7)C7=C(CCC35)C6(C)CC7=O)NCC(C)(O)CCCCC4(C)C2=O)c1. The van der Waals surface area contributed by atoms with Crippen LogP contribution >= 0.6 is 0 Å². The van der Waals surface area contributed by atoms with Gasteiger partial charge in [-0.05, 0) is 239 Å². The second-order valence-corrected chi connectivity index (χ2v) is 29.5. The standard InChI is InChI=1S/C67H99N3O8/c1-38(2)22-40-23-43(28-46(68)25-40)48-12-11-13-52(48)66(7)61(78-66)55(74)30-50-49-27-39(35-71)14-15-42(49)16-17-45(36-72)67-32-54-59-63(4,21-10-9-20-62(3,77)37-70-54)60(76)51(44-24-41(34-69-8)26-47(73)29-44)31-64(59,5)57(67)19-18-53-58(50)56(75)33-65(53,67)6/h23-26,28-29,38-39,42,45,48-52,54-55,57,59,61,69-74,77H,9-22,27,30-37,68H2,1-8H3. The Hall–Kier alpha value is -3.16. The summed E-state index contributed by atoms with van der Waals surface area (Å²) in [5.41, 5.74) is 10.2. The van der Waals surface area contributed by atoms with E-state index in [0.717, 1.165) is 106 Å². The number of ketones is 2. The molecule has 4 bridgehead atoms. The van der Waals surface area contributed by atoms with Crippen molar-refractivity contribution in [2.45, 2.75) is 218 Å². The number of aromatic hydroxyl groups is 1. The lowest BCUT2D eigenvalue weighted by Crippen LogP contribution is -2.73. The Morgan fingerprint density at radius 1 is 0.859 bits per heavy atom. The summed E-state index contributed by atoms with van der Waals surface area (Å²) in [6.45, 7) is 16.9. The quantitative estimate of drug-likeness (QED) is 0.0744. The highest BCUT2D eigenvalue weighted by atomic mass is 16.6. The number of phenolic OH excluding ortho intramolecular Hbond substituents is 1. The van der Waals surface area contributed by atoms with Crippen molar-refractivity contribution in [2.24, 2.45) is 74.9 Å². The lowest BCUT2D eigenvalue weighted by Gasteiger charge is -2.73. The van der Waals surface area contributed by atoms with Crippen molar-refractivity contribution >= 4 is 17.3 Å². The third-order valence-electron chi connectivity index (χ3n) is 24.2. The van der Waals surface area contributed by atoms with E-state index in [1.807, 2.05) is 20.0 Å². The maximum Gasteiger partial charge on any atom is 0.160 e. The first kappa shape index (κ1) is 56.7. The fourth-order valence-corrected chi connectivity index (χ4v) is 21.2. The van der Waals surface area contributed by atoms with Gasteiger partial charge in [-0.2, -0.15) is 0 Å². The van der Waals surface area contributed by atoms with E-state index in [0.29, 0.717) is 57.5 Å². The van der Waals surface area contributed by atoms with Gasteiger partial charge in [-0.3, -0.25) is 9.59 Å². The summed E-state index contributed by atoms with van der Waals surface area (Å²) in [5, 5.41) is 66.7. The zero-order chi connectivity index (χ0) is 55.5. The molecule has 9 N–H and O–H groups in total. The maximum absolute atomic E-state index is 15.9. The second-order valence-electron chi connectivity index (χ2n) is 29.5. The van der Waals surface area contributed by atoms with Crippen LogP contribution in [-0.2, 0) is 27.3 Å². The van der Waals surface area contributed by atoms with E-state index >= 15 is 9.59 Å². The summed E-state index contributed by atoms with van der Waals surface area (Å²) >= 11 is 0. The topological polar surface area (TPSA) is 198 Å². The van der Waals surface area contributed by atoms with Gasteiger partial charge in [-0.1, -0.05) is 71.6 Å². The number of rotatable bonds is 12. The Morgan fingerprint density at radius 3 is 2.36 bits per heavy atom. The van der Waals surface area contributed by atoms with Crippen molar-refractivity contribution in [2.75, 3.05) is 32.5 Å². The molecule has 19 unspecified atom stereocenters. The van der Waals surface area contributed by atoms with E-state index in [1.165, 1.54) is 16.7 Å². The maximum atomic E-state index is 15.9. The highest BCUT2D eigenvalue weighted by Gasteiger charge is 2.75. The van der Waals surface area contributed by atoms with Crippen molar-refractivity contribution in [1.82, 2.24) is 10.6 Å². The Bertz CT molecular complexity index is 2630. The number of hydrogen-bond acceptors (Lipinski definition) is 11. The number of epoxide rings is 1. The molecule has 78 heavy (non-hydrogen) atoms. The molecular weight excluding hydrogens is 975 g/mol. The number of carbonyl (C=O) groups excluding carboxylic acids is 2. The molecule has 2 aromatic carbocycles. The first-order valence-corrected chi connectivity index (χ1v) is 31.2. The van der Waals surface area contributed by atoms with Gasteiger partial charge < -0.3 is 46.6 Å². The number of Topliss-reactive ketones (excluding diaryl/α,β-unsaturated/α-hetero) is 2. The summed E-state index contributed by atoms with van der Waals surface area (Å²) in [5.74, 6) is 1.33. The van der Waals surface area contributed by atoms with Crippen LogP contribution in [-0.4, -0.2) is 93.4 Å². The molecule has 2 aliphatic heterocycles. The van der Waals surface area contributed by atoms with Crippen LogP contribution in [0.5, 0.6) is 5.75 Å². The van der Waals surface area contributed by atoms with Gasteiger partial charge >= 0.3 is 0 Å². The van der Waals surface area contributed by atoms with Crippen LogP contribution in [0.1, 0.15) is 198 Å². The largest absolute Gasteiger partial charge is 0.508 e. The molecule has 0 amide bonds. The molecule has 2 saturated heterocycles. The minimum Gasteiger partial charge on any atom is -0.508 e. The van der Waals surface area contributed by atoms with Crippen LogP contribution in [0, 0.1) is 74.9 Å². The minimum atomic E-state index is -0.946. The van der Waals surface area contributed by atoms with Crippen molar-refractivity contribution < 1.29 is 39.9 Å². The van der Waals surface area contributed by atoms with Crippen LogP contribution in [0.2, 0.25) is 0 Å². The fraction of sp³-hybridized carbons (Fsp3) is 0.761. The number of nitrogen functional groups attached to an aromatic ring is 1. The van der Waals surface area contributed by atoms with Crippen LogP contribution in [0.15, 0.2) is 47.5 Å². The molecule has 11 rings (SSSR count). The Kier molecular flexibility index (Phi) is 15.2. The van der Waals surface area contributed by atoms with Gasteiger partial charge in [0.05, 0.1) is 17.3 Å². The molecule has 11 heteroatoms. The first-order valence-electron chi connectivity index (χ1n) is 31.2. The van der Waals surface area contributed by atoms with Gasteiger partial charge in [-0.25, -0.2) is 0 Å². The molecule has 2 heterocycles. The number of ether oxygens (including phenoxy) is 1. The molecule has 7 aliphatic carbocycles. The number of hydrogen-bond donors (Lipinski definition) is 8. The predicted octanol–water partition coefficient (Wildman–Crippen LogP) is 10.5. The summed E-state index contributed by atoms with van der Waals surface area (Å²) in [4.78, 5) is 31.8. The van der Waals surface area contributed by atoms with Gasteiger partial charge in [0, 0.05) is 61.2 Å². The zero-order valence-corrected chi connectivity index (χ0v) is 48.8. The van der Waals surface area contributed by atoms with Crippen LogP contribution in [0.4, 0.5) is 5.69 Å². The number of phenols is 1.